The molecule has 0 unspecified atom stereocenters. The molecule has 10 heteroatoms. The number of hydrogen-bond donors (Lipinski definition) is 8. The molecule has 0 radical (unpaired) electrons. The monoisotopic (exact) mass is 476 g/mol. The van der Waals surface area contributed by atoms with Crippen molar-refractivity contribution in [2.24, 2.45) is 0 Å². The number of benzene rings is 2. The van der Waals surface area contributed by atoms with Crippen LogP contribution < -0.4 is 0 Å². The van der Waals surface area contributed by atoms with Crippen molar-refractivity contribution in [1.29, 1.82) is 0 Å². The lowest BCUT2D eigenvalue weighted by atomic mass is 9.90. The molecule has 0 saturated carbocycles. The van der Waals surface area contributed by atoms with E-state index in [2.05, 4.69) is 11.8 Å². The first-order valence-electron chi connectivity index (χ1n) is 10.9. The molecule has 2 saturated heterocycles. The Kier molecular flexibility index (Phi) is 7.51. The quantitative estimate of drug-likeness (QED) is 0.222. The first-order chi connectivity index (χ1) is 16.2. The van der Waals surface area contributed by atoms with Gasteiger partial charge in [-0.3, -0.25) is 0 Å². The van der Waals surface area contributed by atoms with E-state index in [4.69, 9.17) is 9.47 Å². The second-order valence-electron chi connectivity index (χ2n) is 8.59. The molecule has 2 aliphatic heterocycles. The van der Waals surface area contributed by atoms with E-state index in [1.54, 1.807) is 36.4 Å². The molecule has 0 spiro atoms. The van der Waals surface area contributed by atoms with Crippen LogP contribution in [0.5, 0.6) is 0 Å². The van der Waals surface area contributed by atoms with Crippen molar-refractivity contribution in [2.75, 3.05) is 13.2 Å². The Labute approximate surface area is 195 Å². The Morgan fingerprint density at radius 2 is 1.24 bits per heavy atom. The SMILES string of the molecule is OC[C@H]1O[C@H](c2ccc3cc(C#C[C@H]4O[C@H](CO)[C@@H](O)[C@H](O)[C@@H]4O)ccc3c2)[C@@H](O)[C@@H](O)[C@@H]1O. The Hall–Kier alpha value is -2.14. The predicted octanol–water partition coefficient (Wildman–Crippen LogP) is -2.45. The topological polar surface area (TPSA) is 180 Å². The molecule has 0 aliphatic carbocycles. The van der Waals surface area contributed by atoms with Crippen LogP contribution in [0.15, 0.2) is 36.4 Å². The van der Waals surface area contributed by atoms with Crippen LogP contribution >= 0.6 is 0 Å². The molecule has 34 heavy (non-hydrogen) atoms. The Morgan fingerprint density at radius 1 is 0.647 bits per heavy atom. The van der Waals surface area contributed by atoms with Gasteiger partial charge in [0.25, 0.3) is 0 Å². The zero-order valence-corrected chi connectivity index (χ0v) is 18.0. The molecule has 0 bridgehead atoms. The van der Waals surface area contributed by atoms with Gasteiger partial charge in [0.2, 0.25) is 0 Å². The maximum atomic E-state index is 10.4. The van der Waals surface area contributed by atoms with Crippen molar-refractivity contribution >= 4 is 10.8 Å². The maximum Gasteiger partial charge on any atom is 0.147 e. The van der Waals surface area contributed by atoms with Crippen LogP contribution in [0, 0.1) is 11.8 Å². The van der Waals surface area contributed by atoms with Crippen LogP contribution in [0.3, 0.4) is 0 Å². The van der Waals surface area contributed by atoms with Gasteiger partial charge in [-0.2, -0.15) is 0 Å². The Morgan fingerprint density at radius 3 is 1.91 bits per heavy atom. The van der Waals surface area contributed by atoms with Gasteiger partial charge in [-0.25, -0.2) is 0 Å². The lowest BCUT2D eigenvalue weighted by Gasteiger charge is -2.40. The number of aliphatic hydroxyl groups excluding tert-OH is 8. The number of ether oxygens (including phenoxy) is 2. The summed E-state index contributed by atoms with van der Waals surface area (Å²) in [5.41, 5.74) is 1.15. The van der Waals surface area contributed by atoms with E-state index < -0.39 is 74.3 Å². The summed E-state index contributed by atoms with van der Waals surface area (Å²) in [4.78, 5) is 0. The summed E-state index contributed by atoms with van der Waals surface area (Å²) >= 11 is 0. The van der Waals surface area contributed by atoms with Gasteiger partial charge in [-0.05, 0) is 34.5 Å². The molecule has 4 rings (SSSR count). The minimum Gasteiger partial charge on any atom is -0.394 e. The molecular formula is C24H28O10. The largest absolute Gasteiger partial charge is 0.394 e. The van der Waals surface area contributed by atoms with E-state index >= 15 is 0 Å². The Balaban J connectivity index is 1.55. The lowest BCUT2D eigenvalue weighted by Crippen LogP contribution is -2.58. The third kappa shape index (κ3) is 4.68. The minimum atomic E-state index is -1.50. The second-order valence-corrected chi connectivity index (χ2v) is 8.59. The number of rotatable bonds is 3. The zero-order chi connectivity index (χ0) is 24.6. The van der Waals surface area contributed by atoms with Crippen LogP contribution in [-0.2, 0) is 9.47 Å². The van der Waals surface area contributed by atoms with Crippen molar-refractivity contribution in [3.63, 3.8) is 0 Å². The third-order valence-corrected chi connectivity index (χ3v) is 6.34. The normalized spacial score (nSPS) is 38.4. The maximum absolute atomic E-state index is 10.4. The highest BCUT2D eigenvalue weighted by molar-refractivity contribution is 5.84. The van der Waals surface area contributed by atoms with Gasteiger partial charge in [-0.15, -0.1) is 0 Å². The smallest absolute Gasteiger partial charge is 0.147 e. The number of hydrogen-bond acceptors (Lipinski definition) is 10. The van der Waals surface area contributed by atoms with Gasteiger partial charge >= 0.3 is 0 Å². The van der Waals surface area contributed by atoms with Crippen LogP contribution in [0.2, 0.25) is 0 Å². The van der Waals surface area contributed by atoms with Gasteiger partial charge < -0.3 is 50.3 Å². The summed E-state index contributed by atoms with van der Waals surface area (Å²) < 4.78 is 11.0. The van der Waals surface area contributed by atoms with Gasteiger partial charge in [0.15, 0.2) is 0 Å². The van der Waals surface area contributed by atoms with E-state index in [9.17, 15) is 40.9 Å². The fourth-order valence-corrected chi connectivity index (χ4v) is 4.27. The summed E-state index contributed by atoms with van der Waals surface area (Å²) in [7, 11) is 0. The molecule has 2 aromatic rings. The number of fused-ring (bicyclic) bond motifs is 1. The summed E-state index contributed by atoms with van der Waals surface area (Å²) in [6.45, 7) is -1.04. The second kappa shape index (κ2) is 10.2. The van der Waals surface area contributed by atoms with Gasteiger partial charge in [0.05, 0.1) is 13.2 Å². The van der Waals surface area contributed by atoms with E-state index in [0.717, 1.165) is 10.8 Å². The average molecular weight is 476 g/mol. The van der Waals surface area contributed by atoms with E-state index in [-0.39, 0.29) is 0 Å². The van der Waals surface area contributed by atoms with Crippen molar-refractivity contribution in [1.82, 2.24) is 0 Å². The van der Waals surface area contributed by atoms with E-state index in [1.165, 1.54) is 0 Å². The first kappa shape index (κ1) is 25.0. The zero-order valence-electron chi connectivity index (χ0n) is 18.0. The van der Waals surface area contributed by atoms with Crippen LogP contribution in [0.25, 0.3) is 10.8 Å². The van der Waals surface area contributed by atoms with Gasteiger partial charge in [0.1, 0.15) is 61.0 Å². The molecule has 10 nitrogen and oxygen atoms in total. The molecule has 8 N–H and O–H groups in total. The summed E-state index contributed by atoms with van der Waals surface area (Å²) in [6.07, 6.45) is -12.7. The molecule has 0 amide bonds. The predicted molar refractivity (Wildman–Crippen MR) is 117 cm³/mol. The van der Waals surface area contributed by atoms with E-state index in [0.29, 0.717) is 11.1 Å². The highest BCUT2D eigenvalue weighted by Crippen LogP contribution is 2.34. The summed E-state index contributed by atoms with van der Waals surface area (Å²) in [5.74, 6) is 5.59. The molecule has 2 aliphatic rings. The molecule has 10 atom stereocenters. The average Bonchev–Trinajstić information content (AvgIpc) is 2.85. The van der Waals surface area contributed by atoms with Gasteiger partial charge in [0, 0.05) is 5.56 Å². The van der Waals surface area contributed by atoms with Gasteiger partial charge in [-0.1, -0.05) is 30.0 Å². The molecule has 184 valence electrons. The number of aliphatic hydroxyl groups is 8. The van der Waals surface area contributed by atoms with Crippen molar-refractivity contribution in [3.05, 3.63) is 47.5 Å². The highest BCUT2D eigenvalue weighted by Gasteiger charge is 2.44. The molecule has 2 heterocycles. The van der Waals surface area contributed by atoms with E-state index in [1.807, 2.05) is 0 Å². The minimum absolute atomic E-state index is 0.508. The molecular weight excluding hydrogens is 448 g/mol. The van der Waals surface area contributed by atoms with Crippen LogP contribution in [0.1, 0.15) is 17.2 Å². The van der Waals surface area contributed by atoms with Crippen LogP contribution in [0.4, 0.5) is 0 Å². The Bertz CT molecular complexity index is 1060. The summed E-state index contributed by atoms with van der Waals surface area (Å²) in [6, 6.07) is 10.5. The molecule has 2 fully saturated rings. The van der Waals surface area contributed by atoms with Crippen molar-refractivity contribution < 1.29 is 50.3 Å². The first-order valence-corrected chi connectivity index (χ1v) is 10.9. The van der Waals surface area contributed by atoms with Crippen LogP contribution in [-0.4, -0.2) is 109 Å². The fourth-order valence-electron chi connectivity index (χ4n) is 4.27. The molecule has 0 aromatic heterocycles. The third-order valence-electron chi connectivity index (χ3n) is 6.34. The molecule has 2 aromatic carbocycles. The lowest BCUT2D eigenvalue weighted by molar-refractivity contribution is -0.231. The fraction of sp³-hybridized carbons (Fsp3) is 0.500. The van der Waals surface area contributed by atoms with Crippen molar-refractivity contribution in [2.45, 2.75) is 61.0 Å². The van der Waals surface area contributed by atoms with Crippen molar-refractivity contribution in [3.8, 4) is 11.8 Å². The standard InChI is InChI=1S/C24H28O10/c25-9-16-19(28)21(30)18(27)15(33-16)6-2-11-1-3-13-8-14(5-4-12(13)7-11)24-23(32)22(31)20(29)17(10-26)34-24/h1,3-5,7-8,15-32H,9-10H2/t15-,16-,17-,18-,19-,20-,21-,22+,23+,24-/m1/s1. The summed E-state index contributed by atoms with van der Waals surface area (Å²) in [5, 5.41) is 80.5. The highest BCUT2D eigenvalue weighted by atomic mass is 16.5.